The molecule has 2 heterocycles. The van der Waals surface area contributed by atoms with E-state index in [0.717, 1.165) is 51.6 Å². The third kappa shape index (κ3) is 8.14. The van der Waals surface area contributed by atoms with E-state index in [1.807, 2.05) is 4.90 Å². The van der Waals surface area contributed by atoms with Gasteiger partial charge in [-0.05, 0) is 38.6 Å². The van der Waals surface area contributed by atoms with Crippen LogP contribution in [0.5, 0.6) is 0 Å². The number of halogens is 2. The Morgan fingerprint density at radius 3 is 3.00 bits per heavy atom. The zero-order valence-electron chi connectivity index (χ0n) is 16.4. The molecule has 1 aromatic rings. The van der Waals surface area contributed by atoms with Gasteiger partial charge in [0.05, 0.1) is 6.61 Å². The first-order valence-electron chi connectivity index (χ1n) is 9.14. The lowest BCUT2D eigenvalue weighted by molar-refractivity contribution is 0.161. The minimum atomic E-state index is -0.270. The number of nitrogens with zero attached hydrogens (tertiary/aromatic N) is 4. The van der Waals surface area contributed by atoms with Gasteiger partial charge in [0.15, 0.2) is 17.6 Å². The molecule has 0 spiro atoms. The lowest BCUT2D eigenvalue weighted by Crippen LogP contribution is -2.45. The van der Waals surface area contributed by atoms with Crippen molar-refractivity contribution in [1.82, 2.24) is 20.5 Å². The summed E-state index contributed by atoms with van der Waals surface area (Å²) in [5, 5.41) is 6.77. The van der Waals surface area contributed by atoms with Gasteiger partial charge in [0, 0.05) is 52.6 Å². The van der Waals surface area contributed by atoms with Crippen LogP contribution in [0.15, 0.2) is 23.3 Å². The number of aliphatic imine (C=N–C) groups is 1. The number of anilines is 1. The number of pyridine rings is 1. The highest BCUT2D eigenvalue weighted by atomic mass is 127. The Balaban J connectivity index is 0.00000364. The molecule has 0 saturated carbocycles. The minimum Gasteiger partial charge on any atom is -0.383 e. The Bertz CT molecular complexity index is 577. The molecule has 0 bridgehead atoms. The first-order chi connectivity index (χ1) is 12.6. The summed E-state index contributed by atoms with van der Waals surface area (Å²) in [6.07, 6.45) is 3.58. The maximum atomic E-state index is 13.9. The van der Waals surface area contributed by atoms with Crippen molar-refractivity contribution in [2.24, 2.45) is 4.99 Å². The van der Waals surface area contributed by atoms with Crippen LogP contribution in [0, 0.1) is 5.82 Å². The second-order valence-corrected chi connectivity index (χ2v) is 6.53. The fourth-order valence-corrected chi connectivity index (χ4v) is 2.98. The van der Waals surface area contributed by atoms with E-state index in [1.165, 1.54) is 6.07 Å². The highest BCUT2D eigenvalue weighted by molar-refractivity contribution is 14.0. The molecular weight excluding hydrogens is 462 g/mol. The molecule has 9 heteroatoms. The fraction of sp³-hybridized carbons (Fsp3) is 0.667. The van der Waals surface area contributed by atoms with Crippen LogP contribution >= 0.6 is 24.0 Å². The monoisotopic (exact) mass is 494 g/mol. The molecule has 1 atom stereocenters. The van der Waals surface area contributed by atoms with Crippen LogP contribution < -0.4 is 15.5 Å². The Kier molecular flexibility index (Phi) is 11.5. The predicted octanol–water partition coefficient (Wildman–Crippen LogP) is 1.55. The van der Waals surface area contributed by atoms with E-state index in [9.17, 15) is 4.39 Å². The number of ether oxygens (including phenoxy) is 1. The molecule has 1 fully saturated rings. The largest absolute Gasteiger partial charge is 0.383 e. The summed E-state index contributed by atoms with van der Waals surface area (Å²) in [6.45, 7) is 5.04. The van der Waals surface area contributed by atoms with Crippen molar-refractivity contribution >= 4 is 35.8 Å². The number of likely N-dealkylation sites (N-methyl/N-ethyl adjacent to an activating group) is 1. The zero-order valence-corrected chi connectivity index (χ0v) is 18.8. The molecule has 1 unspecified atom stereocenters. The zero-order chi connectivity index (χ0) is 18.8. The molecule has 1 saturated heterocycles. The maximum absolute atomic E-state index is 13.9. The molecular formula is C18H32FIN6O. The lowest BCUT2D eigenvalue weighted by Gasteiger charge is -2.20. The molecule has 0 radical (unpaired) electrons. The van der Waals surface area contributed by atoms with Crippen molar-refractivity contribution in [2.75, 3.05) is 65.4 Å². The maximum Gasteiger partial charge on any atom is 0.191 e. The first-order valence-corrected chi connectivity index (χ1v) is 9.14. The summed E-state index contributed by atoms with van der Waals surface area (Å²) in [7, 11) is 5.58. The molecule has 7 nitrogen and oxygen atoms in total. The summed E-state index contributed by atoms with van der Waals surface area (Å²) < 4.78 is 19.0. The Morgan fingerprint density at radius 2 is 2.30 bits per heavy atom. The Hall–Kier alpha value is -1.20. The summed E-state index contributed by atoms with van der Waals surface area (Å²) in [6, 6.07) is 3.29. The van der Waals surface area contributed by atoms with E-state index in [-0.39, 0.29) is 35.8 Å². The number of guanidine groups is 1. The van der Waals surface area contributed by atoms with Gasteiger partial charge < -0.3 is 25.2 Å². The van der Waals surface area contributed by atoms with Gasteiger partial charge in [0.2, 0.25) is 0 Å². The second kappa shape index (κ2) is 13.1. The summed E-state index contributed by atoms with van der Waals surface area (Å²) >= 11 is 0. The molecule has 154 valence electrons. The molecule has 1 aliphatic heterocycles. The summed E-state index contributed by atoms with van der Waals surface area (Å²) in [5.41, 5.74) is 0. The summed E-state index contributed by atoms with van der Waals surface area (Å²) in [4.78, 5) is 12.7. The van der Waals surface area contributed by atoms with E-state index < -0.39 is 0 Å². The van der Waals surface area contributed by atoms with Crippen LogP contribution in [-0.2, 0) is 4.74 Å². The predicted molar refractivity (Wildman–Crippen MR) is 119 cm³/mol. The van der Waals surface area contributed by atoms with Crippen LogP contribution in [0.25, 0.3) is 0 Å². The van der Waals surface area contributed by atoms with Crippen molar-refractivity contribution in [3.8, 4) is 0 Å². The molecule has 0 amide bonds. The smallest absolute Gasteiger partial charge is 0.191 e. The molecule has 1 aliphatic rings. The van der Waals surface area contributed by atoms with Gasteiger partial charge in [-0.3, -0.25) is 4.99 Å². The van der Waals surface area contributed by atoms with Crippen LogP contribution in [0.4, 0.5) is 10.2 Å². The quantitative estimate of drug-likeness (QED) is 0.235. The van der Waals surface area contributed by atoms with Crippen LogP contribution in [0.1, 0.15) is 12.8 Å². The number of methoxy groups -OCH3 is 1. The van der Waals surface area contributed by atoms with Crippen molar-refractivity contribution < 1.29 is 9.13 Å². The van der Waals surface area contributed by atoms with Crippen molar-refractivity contribution in [3.05, 3.63) is 24.1 Å². The highest BCUT2D eigenvalue weighted by Crippen LogP contribution is 2.20. The van der Waals surface area contributed by atoms with Gasteiger partial charge in [0.25, 0.3) is 0 Å². The van der Waals surface area contributed by atoms with E-state index in [1.54, 1.807) is 26.4 Å². The van der Waals surface area contributed by atoms with Gasteiger partial charge in [-0.2, -0.15) is 0 Å². The molecule has 2 N–H and O–H groups in total. The first kappa shape index (κ1) is 23.8. The molecule has 1 aromatic heterocycles. The third-order valence-corrected chi connectivity index (χ3v) is 4.48. The number of nitrogens with one attached hydrogen (secondary N) is 2. The van der Waals surface area contributed by atoms with Crippen LogP contribution in [0.3, 0.4) is 0 Å². The molecule has 0 aliphatic carbocycles. The van der Waals surface area contributed by atoms with E-state index in [0.29, 0.717) is 12.4 Å². The van der Waals surface area contributed by atoms with Gasteiger partial charge in [0.1, 0.15) is 0 Å². The van der Waals surface area contributed by atoms with Gasteiger partial charge in [-0.25, -0.2) is 9.37 Å². The topological polar surface area (TPSA) is 65.0 Å². The Morgan fingerprint density at radius 1 is 1.48 bits per heavy atom. The third-order valence-electron chi connectivity index (χ3n) is 4.48. The van der Waals surface area contributed by atoms with Crippen molar-refractivity contribution in [2.45, 2.75) is 18.9 Å². The molecule has 2 rings (SSSR count). The standard InChI is InChI=1S/C18H31FN6O.HI/c1-20-18(22-9-5-10-24(2)12-13-26-3)23-15-7-11-25(14-15)17-16(19)6-4-8-21-17;/h4,6,8,15H,5,7,9-14H2,1-3H3,(H2,20,22,23);1H. The minimum absolute atomic E-state index is 0. The van der Waals surface area contributed by atoms with Gasteiger partial charge in [-0.1, -0.05) is 0 Å². The van der Waals surface area contributed by atoms with Gasteiger partial charge >= 0.3 is 0 Å². The number of aromatic nitrogens is 1. The van der Waals surface area contributed by atoms with Crippen molar-refractivity contribution in [3.63, 3.8) is 0 Å². The number of rotatable bonds is 9. The number of hydrogen-bond donors (Lipinski definition) is 2. The molecule has 27 heavy (non-hydrogen) atoms. The SMILES string of the molecule is CN=C(NCCCN(C)CCOC)NC1CCN(c2ncccc2F)C1.I. The second-order valence-electron chi connectivity index (χ2n) is 6.53. The van der Waals surface area contributed by atoms with E-state index >= 15 is 0 Å². The van der Waals surface area contributed by atoms with Gasteiger partial charge in [-0.15, -0.1) is 24.0 Å². The highest BCUT2D eigenvalue weighted by Gasteiger charge is 2.25. The normalized spacial score (nSPS) is 17.1. The Labute approximate surface area is 178 Å². The average molecular weight is 494 g/mol. The van der Waals surface area contributed by atoms with Crippen LogP contribution in [-0.4, -0.2) is 82.4 Å². The van der Waals surface area contributed by atoms with Crippen molar-refractivity contribution in [1.29, 1.82) is 0 Å². The fourth-order valence-electron chi connectivity index (χ4n) is 2.98. The van der Waals surface area contributed by atoms with E-state index in [4.69, 9.17) is 4.74 Å². The lowest BCUT2D eigenvalue weighted by atomic mass is 10.3. The summed E-state index contributed by atoms with van der Waals surface area (Å²) in [5.74, 6) is 0.949. The number of hydrogen-bond acceptors (Lipinski definition) is 5. The average Bonchev–Trinajstić information content (AvgIpc) is 3.11. The molecule has 0 aromatic carbocycles. The van der Waals surface area contributed by atoms with E-state index in [2.05, 4.69) is 32.6 Å². The van der Waals surface area contributed by atoms with Crippen LogP contribution in [0.2, 0.25) is 0 Å².